The molecule has 5 nitrogen and oxygen atoms in total. The standard InChI is InChI=1S/C11H19NO.C9H8F3N3S.C2H6/c1-2-4-10(5-3-1)12-6-11(7-12)8-13-9-11;1-5-8(16-9(10,11)12)6-3-2-4-7(13)15(6)14-5;1-2/h10H,1-9H2;2-4H,13H2,1H3;1-2H3. The molecule has 0 amide bonds. The zero-order valence-corrected chi connectivity index (χ0v) is 19.4. The highest BCUT2D eigenvalue weighted by Gasteiger charge is 2.50. The lowest BCUT2D eigenvalue weighted by Crippen LogP contribution is -2.68. The van der Waals surface area contributed by atoms with E-state index in [1.54, 1.807) is 18.2 Å². The molecule has 3 fully saturated rings. The number of anilines is 1. The van der Waals surface area contributed by atoms with Crippen LogP contribution in [0.1, 0.15) is 51.6 Å². The van der Waals surface area contributed by atoms with Crippen LogP contribution < -0.4 is 5.73 Å². The van der Waals surface area contributed by atoms with Crippen LogP contribution in [0, 0.1) is 12.3 Å². The molecule has 3 aliphatic rings. The van der Waals surface area contributed by atoms with Gasteiger partial charge in [-0.1, -0.05) is 39.2 Å². The molecule has 0 radical (unpaired) electrons. The molecule has 2 aromatic heterocycles. The molecule has 31 heavy (non-hydrogen) atoms. The minimum Gasteiger partial charge on any atom is -0.384 e. The summed E-state index contributed by atoms with van der Waals surface area (Å²) in [7, 11) is 0. The largest absolute Gasteiger partial charge is 0.446 e. The maximum atomic E-state index is 12.3. The number of aryl methyl sites for hydroxylation is 1. The molecule has 0 aromatic carbocycles. The van der Waals surface area contributed by atoms with Crippen LogP contribution >= 0.6 is 11.8 Å². The van der Waals surface area contributed by atoms with Gasteiger partial charge in [-0.2, -0.15) is 18.3 Å². The number of hydrogen-bond acceptors (Lipinski definition) is 5. The van der Waals surface area contributed by atoms with E-state index in [1.165, 1.54) is 56.6 Å². The first kappa shape index (κ1) is 24.2. The lowest BCUT2D eigenvalue weighted by atomic mass is 9.76. The molecule has 1 aliphatic carbocycles. The van der Waals surface area contributed by atoms with Gasteiger partial charge in [0.25, 0.3) is 0 Å². The van der Waals surface area contributed by atoms with Crippen molar-refractivity contribution < 1.29 is 17.9 Å². The fourth-order valence-corrected chi connectivity index (χ4v) is 5.20. The van der Waals surface area contributed by atoms with Crippen LogP contribution in [-0.4, -0.2) is 52.4 Å². The Balaban J connectivity index is 0.000000165. The number of rotatable bonds is 2. The number of thioether (sulfide) groups is 1. The lowest BCUT2D eigenvalue weighted by molar-refractivity contribution is -0.200. The van der Waals surface area contributed by atoms with Gasteiger partial charge in [0, 0.05) is 24.5 Å². The Morgan fingerprint density at radius 3 is 2.32 bits per heavy atom. The molecule has 9 heteroatoms. The Morgan fingerprint density at radius 1 is 1.13 bits per heavy atom. The average molecular weight is 459 g/mol. The molecule has 0 bridgehead atoms. The molecular formula is C22H33F3N4OS. The first-order valence-electron chi connectivity index (χ1n) is 11.1. The highest BCUT2D eigenvalue weighted by atomic mass is 32.2. The maximum Gasteiger partial charge on any atom is 0.446 e. The average Bonchev–Trinajstić information content (AvgIpc) is 2.98. The van der Waals surface area contributed by atoms with Gasteiger partial charge >= 0.3 is 5.51 Å². The Labute approximate surface area is 186 Å². The SMILES string of the molecule is C1CCC(N2CC3(COC3)C2)CC1.CC.Cc1nn2c(N)cccc2c1SC(F)(F)F. The van der Waals surface area contributed by atoms with Crippen molar-refractivity contribution in [2.45, 2.75) is 69.3 Å². The number of nitrogens with zero attached hydrogens (tertiary/aromatic N) is 3. The van der Waals surface area contributed by atoms with Crippen LogP contribution in [0.3, 0.4) is 0 Å². The van der Waals surface area contributed by atoms with Crippen LogP contribution in [0.15, 0.2) is 23.1 Å². The second kappa shape index (κ2) is 10.0. The van der Waals surface area contributed by atoms with Gasteiger partial charge in [0.2, 0.25) is 0 Å². The van der Waals surface area contributed by atoms with E-state index in [4.69, 9.17) is 10.5 Å². The van der Waals surface area contributed by atoms with Crippen molar-refractivity contribution in [3.05, 3.63) is 23.9 Å². The quantitative estimate of drug-likeness (QED) is 0.601. The van der Waals surface area contributed by atoms with Gasteiger partial charge in [-0.3, -0.25) is 4.90 Å². The minimum absolute atomic E-state index is 0.0970. The number of aromatic nitrogens is 2. The second-order valence-corrected chi connectivity index (χ2v) is 9.47. The maximum absolute atomic E-state index is 12.3. The molecule has 2 aliphatic heterocycles. The topological polar surface area (TPSA) is 55.8 Å². The summed E-state index contributed by atoms with van der Waals surface area (Å²) >= 11 is -0.167. The summed E-state index contributed by atoms with van der Waals surface area (Å²) in [4.78, 5) is 2.79. The monoisotopic (exact) mass is 458 g/mol. The van der Waals surface area contributed by atoms with Crippen molar-refractivity contribution in [2.75, 3.05) is 32.0 Å². The third-order valence-corrected chi connectivity index (χ3v) is 6.95. The fraction of sp³-hybridized carbons (Fsp3) is 0.682. The van der Waals surface area contributed by atoms with Gasteiger partial charge in [-0.25, -0.2) is 4.52 Å². The molecule has 2 saturated heterocycles. The van der Waals surface area contributed by atoms with Crippen LogP contribution in [0.2, 0.25) is 0 Å². The molecule has 2 aromatic rings. The zero-order chi connectivity index (χ0) is 22.6. The van der Waals surface area contributed by atoms with Crippen molar-refractivity contribution >= 4 is 23.1 Å². The summed E-state index contributed by atoms with van der Waals surface area (Å²) in [5, 5.41) is 3.97. The van der Waals surface area contributed by atoms with E-state index in [2.05, 4.69) is 10.00 Å². The van der Waals surface area contributed by atoms with E-state index in [-0.39, 0.29) is 16.7 Å². The summed E-state index contributed by atoms with van der Waals surface area (Å²) in [5.74, 6) is 0.314. The normalized spacial score (nSPS) is 20.8. The number of fused-ring (bicyclic) bond motifs is 1. The van der Waals surface area contributed by atoms with Crippen LogP contribution in [-0.2, 0) is 4.74 Å². The molecule has 174 valence electrons. The molecule has 2 N–H and O–H groups in total. The van der Waals surface area contributed by atoms with Gasteiger partial charge in [0.15, 0.2) is 0 Å². The van der Waals surface area contributed by atoms with Gasteiger partial charge in [-0.05, 0) is 43.7 Å². The molecule has 4 heterocycles. The summed E-state index contributed by atoms with van der Waals surface area (Å²) in [6.07, 6.45) is 7.31. The zero-order valence-electron chi connectivity index (χ0n) is 18.5. The number of nitrogens with two attached hydrogens (primary N) is 1. The van der Waals surface area contributed by atoms with Crippen molar-refractivity contribution in [1.82, 2.24) is 14.5 Å². The van der Waals surface area contributed by atoms with Gasteiger partial charge in [0.1, 0.15) is 5.82 Å². The molecule has 1 spiro atoms. The van der Waals surface area contributed by atoms with Crippen molar-refractivity contribution in [1.29, 1.82) is 0 Å². The van der Waals surface area contributed by atoms with E-state index < -0.39 is 5.51 Å². The van der Waals surface area contributed by atoms with E-state index in [0.717, 1.165) is 19.3 Å². The first-order valence-corrected chi connectivity index (χ1v) is 11.9. The third-order valence-electron chi connectivity index (χ3n) is 6.01. The summed E-state index contributed by atoms with van der Waals surface area (Å²) < 4.78 is 43.6. The first-order chi connectivity index (χ1) is 14.8. The third kappa shape index (κ3) is 5.68. The highest BCUT2D eigenvalue weighted by molar-refractivity contribution is 8.00. The van der Waals surface area contributed by atoms with E-state index in [9.17, 15) is 13.2 Å². The van der Waals surface area contributed by atoms with Crippen LogP contribution in [0.4, 0.5) is 19.0 Å². The van der Waals surface area contributed by atoms with E-state index in [1.807, 2.05) is 13.8 Å². The van der Waals surface area contributed by atoms with Gasteiger partial charge < -0.3 is 10.5 Å². The predicted molar refractivity (Wildman–Crippen MR) is 119 cm³/mol. The highest BCUT2D eigenvalue weighted by Crippen LogP contribution is 2.41. The van der Waals surface area contributed by atoms with Crippen molar-refractivity contribution in [2.24, 2.45) is 5.41 Å². The smallest absolute Gasteiger partial charge is 0.384 e. The number of pyridine rings is 1. The number of alkyl halides is 3. The fourth-order valence-electron chi connectivity index (χ4n) is 4.52. The Morgan fingerprint density at radius 2 is 1.77 bits per heavy atom. The number of halogens is 3. The minimum atomic E-state index is -4.32. The summed E-state index contributed by atoms with van der Waals surface area (Å²) in [6, 6.07) is 5.68. The Bertz CT molecular complexity index is 852. The van der Waals surface area contributed by atoms with Gasteiger partial charge in [0.05, 0.1) is 29.3 Å². The molecule has 1 saturated carbocycles. The number of likely N-dealkylation sites (tertiary alicyclic amines) is 1. The van der Waals surface area contributed by atoms with E-state index in [0.29, 0.717) is 22.4 Å². The second-order valence-electron chi connectivity index (χ2n) is 8.40. The predicted octanol–water partition coefficient (Wildman–Crippen LogP) is 5.51. The number of ether oxygens (including phenoxy) is 1. The molecule has 0 atom stereocenters. The molecule has 5 rings (SSSR count). The number of hydrogen-bond donors (Lipinski definition) is 1. The van der Waals surface area contributed by atoms with Crippen molar-refractivity contribution in [3.63, 3.8) is 0 Å². The van der Waals surface area contributed by atoms with Gasteiger partial charge in [-0.15, -0.1) is 0 Å². The number of nitrogen functional groups attached to an aromatic ring is 1. The Kier molecular flexibility index (Phi) is 7.81. The Hall–Kier alpha value is -1.45. The van der Waals surface area contributed by atoms with E-state index >= 15 is 0 Å². The van der Waals surface area contributed by atoms with Crippen LogP contribution in [0.25, 0.3) is 5.52 Å². The van der Waals surface area contributed by atoms with Crippen LogP contribution in [0.5, 0.6) is 0 Å². The summed E-state index contributed by atoms with van der Waals surface area (Å²) in [6.45, 7) is 10.3. The molecular weight excluding hydrogens is 425 g/mol. The van der Waals surface area contributed by atoms with Crippen molar-refractivity contribution in [3.8, 4) is 0 Å². The lowest BCUT2D eigenvalue weighted by Gasteiger charge is -2.58. The molecule has 0 unspecified atom stereocenters. The summed E-state index contributed by atoms with van der Waals surface area (Å²) in [5.41, 5.74) is 2.61.